The molecule has 1 aromatic carbocycles. The molecule has 1 aromatic heterocycles. The number of hydrogen-bond donors (Lipinski definition) is 1. The first kappa shape index (κ1) is 31.0. The van der Waals surface area contributed by atoms with Crippen LogP contribution < -0.4 is 15.5 Å². The highest BCUT2D eigenvalue weighted by molar-refractivity contribution is 8.13. The van der Waals surface area contributed by atoms with Gasteiger partial charge in [0, 0.05) is 30.1 Å². The maximum Gasteiger partial charge on any atom is 0.414 e. The number of ether oxygens (including phenoxy) is 2. The Morgan fingerprint density at radius 1 is 1.12 bits per heavy atom. The summed E-state index contributed by atoms with van der Waals surface area (Å²) in [7, 11) is 0. The van der Waals surface area contributed by atoms with Gasteiger partial charge in [-0.15, -0.1) is 11.3 Å². The van der Waals surface area contributed by atoms with Crippen LogP contribution in [0.1, 0.15) is 35.9 Å². The highest BCUT2D eigenvalue weighted by Gasteiger charge is 2.36. The average molecular weight is 623 g/mol. The lowest BCUT2D eigenvalue weighted by atomic mass is 10.2. The van der Waals surface area contributed by atoms with Crippen LogP contribution in [0, 0.1) is 0 Å². The second-order valence-electron chi connectivity index (χ2n) is 9.56. The lowest BCUT2D eigenvalue weighted by molar-refractivity contribution is -0.129. The molecular formula is C27H31ClN4O7S2. The van der Waals surface area contributed by atoms with Gasteiger partial charge in [-0.25, -0.2) is 4.79 Å². The summed E-state index contributed by atoms with van der Waals surface area (Å²) in [5.41, 5.74) is 6.83. The zero-order valence-corrected chi connectivity index (χ0v) is 24.8. The summed E-state index contributed by atoms with van der Waals surface area (Å²) in [6.07, 6.45) is -0.184. The SMILES string of the molecule is C[C@H](N)C(=O)SCCCCC(=O)N(C[C@H]1CN(c2ccc(N3CCOCC3=O)cc2)C(=O)O1)C(=O)c1ccc(Cl)s1. The molecule has 2 aliphatic heterocycles. The zero-order chi connectivity index (χ0) is 29.5. The van der Waals surface area contributed by atoms with E-state index in [0.29, 0.717) is 52.3 Å². The number of benzene rings is 1. The van der Waals surface area contributed by atoms with Gasteiger partial charge in [0.05, 0.1) is 35.0 Å². The summed E-state index contributed by atoms with van der Waals surface area (Å²) in [6, 6.07) is 9.53. The summed E-state index contributed by atoms with van der Waals surface area (Å²) >= 11 is 8.21. The molecule has 2 fully saturated rings. The number of nitrogens with two attached hydrogens (primary N) is 1. The van der Waals surface area contributed by atoms with Crippen molar-refractivity contribution in [3.05, 3.63) is 45.6 Å². The molecule has 4 rings (SSSR count). The van der Waals surface area contributed by atoms with E-state index in [0.717, 1.165) is 28.0 Å². The van der Waals surface area contributed by atoms with Crippen molar-refractivity contribution in [3.8, 4) is 0 Å². The molecule has 0 aliphatic carbocycles. The summed E-state index contributed by atoms with van der Waals surface area (Å²) in [4.78, 5) is 67.5. The molecule has 2 aromatic rings. The number of unbranched alkanes of at least 4 members (excludes halogenated alkanes) is 1. The second-order valence-corrected chi connectivity index (χ2v) is 12.4. The predicted molar refractivity (Wildman–Crippen MR) is 158 cm³/mol. The third-order valence-electron chi connectivity index (χ3n) is 6.45. The van der Waals surface area contributed by atoms with Crippen molar-refractivity contribution < 1.29 is 33.4 Å². The molecule has 3 heterocycles. The molecule has 2 saturated heterocycles. The molecule has 0 unspecified atom stereocenters. The standard InChI is InChI=1S/C27H31ClN4O7S2/c1-17(29)26(36)40-13-3-2-4-23(33)32(25(35)21-9-10-22(28)41-21)15-20-14-31(27(37)39-20)19-7-5-18(6-8-19)30-11-12-38-16-24(30)34/h5-10,17,20H,2-4,11-16,29H2,1H3/t17-,20+/m0/s1. The van der Waals surface area contributed by atoms with Crippen LogP contribution in [0.4, 0.5) is 16.2 Å². The minimum absolute atomic E-state index is 0.0275. The van der Waals surface area contributed by atoms with Crippen LogP contribution in [-0.4, -0.2) is 84.6 Å². The van der Waals surface area contributed by atoms with E-state index < -0.39 is 30.1 Å². The molecule has 220 valence electrons. The first-order valence-electron chi connectivity index (χ1n) is 13.1. The largest absolute Gasteiger partial charge is 0.442 e. The minimum atomic E-state index is -0.745. The molecule has 2 N–H and O–H groups in total. The average Bonchev–Trinajstić information content (AvgIpc) is 3.56. The highest BCUT2D eigenvalue weighted by atomic mass is 35.5. The number of amides is 4. The lowest BCUT2D eigenvalue weighted by Gasteiger charge is -2.27. The Kier molecular flexibility index (Phi) is 10.8. The van der Waals surface area contributed by atoms with Crippen LogP contribution in [-0.2, 0) is 23.9 Å². The third-order valence-corrected chi connectivity index (χ3v) is 8.82. The van der Waals surface area contributed by atoms with Crippen LogP contribution in [0.25, 0.3) is 0 Å². The fraction of sp³-hybridized carbons (Fsp3) is 0.444. The Balaban J connectivity index is 1.39. The molecule has 0 radical (unpaired) electrons. The molecule has 2 aliphatic rings. The summed E-state index contributed by atoms with van der Waals surface area (Å²) in [5, 5.41) is -0.112. The Bertz CT molecular complexity index is 1290. The Morgan fingerprint density at radius 2 is 1.83 bits per heavy atom. The van der Waals surface area contributed by atoms with Gasteiger partial charge in [-0.2, -0.15) is 0 Å². The predicted octanol–water partition coefficient (Wildman–Crippen LogP) is 3.54. The van der Waals surface area contributed by atoms with Gasteiger partial charge in [0.15, 0.2) is 0 Å². The maximum atomic E-state index is 13.3. The topological polar surface area (TPSA) is 140 Å². The number of nitrogens with zero attached hydrogens (tertiary/aromatic N) is 3. The summed E-state index contributed by atoms with van der Waals surface area (Å²) < 4.78 is 11.1. The highest BCUT2D eigenvalue weighted by Crippen LogP contribution is 2.28. The second kappa shape index (κ2) is 14.3. The minimum Gasteiger partial charge on any atom is -0.442 e. The van der Waals surface area contributed by atoms with E-state index in [-0.39, 0.29) is 37.1 Å². The molecule has 41 heavy (non-hydrogen) atoms. The van der Waals surface area contributed by atoms with Crippen LogP contribution in [0.2, 0.25) is 4.34 Å². The zero-order valence-electron chi connectivity index (χ0n) is 22.5. The van der Waals surface area contributed by atoms with Crippen molar-refractivity contribution in [2.24, 2.45) is 5.73 Å². The molecule has 0 saturated carbocycles. The smallest absolute Gasteiger partial charge is 0.414 e. The number of anilines is 2. The Hall–Kier alpha value is -2.97. The van der Waals surface area contributed by atoms with Gasteiger partial charge >= 0.3 is 6.09 Å². The van der Waals surface area contributed by atoms with E-state index in [2.05, 4.69) is 0 Å². The monoisotopic (exact) mass is 622 g/mol. The van der Waals surface area contributed by atoms with Gasteiger partial charge in [-0.1, -0.05) is 23.4 Å². The van der Waals surface area contributed by atoms with E-state index in [1.54, 1.807) is 48.2 Å². The number of thioether (sulfide) groups is 1. The number of imide groups is 1. The van der Waals surface area contributed by atoms with E-state index in [1.165, 1.54) is 4.90 Å². The Labute approximate surface area is 250 Å². The van der Waals surface area contributed by atoms with Crippen molar-refractivity contribution in [3.63, 3.8) is 0 Å². The van der Waals surface area contributed by atoms with Crippen molar-refractivity contribution in [2.45, 2.75) is 38.3 Å². The summed E-state index contributed by atoms with van der Waals surface area (Å²) in [5.74, 6) is -0.529. The number of carbonyl (C=O) groups excluding carboxylic acids is 5. The van der Waals surface area contributed by atoms with Crippen LogP contribution in [0.15, 0.2) is 36.4 Å². The molecular weight excluding hydrogens is 592 g/mol. The first-order valence-corrected chi connectivity index (χ1v) is 15.3. The third kappa shape index (κ3) is 8.07. The van der Waals surface area contributed by atoms with Gasteiger partial charge in [0.2, 0.25) is 11.0 Å². The fourth-order valence-electron chi connectivity index (χ4n) is 4.31. The number of morpholine rings is 1. The maximum absolute atomic E-state index is 13.3. The van der Waals surface area contributed by atoms with Gasteiger partial charge in [0.25, 0.3) is 11.8 Å². The number of thiophene rings is 1. The van der Waals surface area contributed by atoms with Gasteiger partial charge in [-0.3, -0.25) is 29.0 Å². The van der Waals surface area contributed by atoms with Gasteiger partial charge in [-0.05, 0) is 56.2 Å². The van der Waals surface area contributed by atoms with Crippen LogP contribution in [0.5, 0.6) is 0 Å². The van der Waals surface area contributed by atoms with E-state index in [9.17, 15) is 24.0 Å². The van der Waals surface area contributed by atoms with E-state index >= 15 is 0 Å². The number of rotatable bonds is 11. The lowest BCUT2D eigenvalue weighted by Crippen LogP contribution is -2.43. The normalized spacial score (nSPS) is 17.9. The van der Waals surface area contributed by atoms with Crippen LogP contribution >= 0.6 is 34.7 Å². The van der Waals surface area contributed by atoms with Gasteiger partial charge in [0.1, 0.15) is 12.7 Å². The molecule has 2 atom stereocenters. The molecule has 11 nitrogen and oxygen atoms in total. The van der Waals surface area contributed by atoms with Crippen molar-refractivity contribution in [1.82, 2.24) is 4.90 Å². The fourth-order valence-corrected chi connectivity index (χ4v) is 6.12. The van der Waals surface area contributed by atoms with E-state index in [1.807, 2.05) is 0 Å². The van der Waals surface area contributed by atoms with Crippen molar-refractivity contribution >= 4 is 75.0 Å². The first-order chi connectivity index (χ1) is 19.6. The number of halogens is 1. The quantitative estimate of drug-likeness (QED) is 0.373. The van der Waals surface area contributed by atoms with Crippen molar-refractivity contribution in [2.75, 3.05) is 48.4 Å². The molecule has 14 heteroatoms. The van der Waals surface area contributed by atoms with Crippen LogP contribution in [0.3, 0.4) is 0 Å². The van der Waals surface area contributed by atoms with Crippen molar-refractivity contribution in [1.29, 1.82) is 0 Å². The molecule has 4 amide bonds. The molecule has 0 bridgehead atoms. The molecule has 0 spiro atoms. The summed E-state index contributed by atoms with van der Waals surface area (Å²) in [6.45, 7) is 2.56. The Morgan fingerprint density at radius 3 is 2.46 bits per heavy atom. The number of cyclic esters (lactones) is 1. The van der Waals surface area contributed by atoms with E-state index in [4.69, 9.17) is 26.8 Å². The van der Waals surface area contributed by atoms with Gasteiger partial charge < -0.3 is 20.1 Å². The number of carbonyl (C=O) groups is 5. The number of hydrogen-bond acceptors (Lipinski definition) is 10.